The summed E-state index contributed by atoms with van der Waals surface area (Å²) in [6, 6.07) is 25.4. The van der Waals surface area contributed by atoms with Crippen molar-refractivity contribution in [3.63, 3.8) is 0 Å². The Morgan fingerprint density at radius 2 is 1.33 bits per heavy atom. The Balaban J connectivity index is 2.05. The van der Waals surface area contributed by atoms with Gasteiger partial charge in [0, 0.05) is 27.5 Å². The molecule has 0 saturated heterocycles. The molecule has 0 N–H and O–H groups in total. The maximum atomic E-state index is 13.0. The molecule has 0 aliphatic carbocycles. The molecule has 0 bridgehead atoms. The maximum Gasteiger partial charge on any atom is 0.262 e. The predicted octanol–water partition coefficient (Wildman–Crippen LogP) is 5.61. The molecule has 0 heterocycles. The molecule has 0 aliphatic heterocycles. The smallest absolute Gasteiger partial charge is 0.262 e. The van der Waals surface area contributed by atoms with Crippen molar-refractivity contribution in [2.24, 2.45) is 5.11 Å². The monoisotopic (exact) mass is 314 g/mol. The van der Waals surface area contributed by atoms with Gasteiger partial charge in [-0.25, -0.2) is 0 Å². The van der Waals surface area contributed by atoms with Gasteiger partial charge in [-0.1, -0.05) is 53.6 Å². The maximum absolute atomic E-state index is 13.0. The van der Waals surface area contributed by atoms with Crippen LogP contribution in [0, 0.1) is 0 Å². The average Bonchev–Trinajstić information content (AvgIpc) is 2.65. The highest BCUT2D eigenvalue weighted by Crippen LogP contribution is 2.29. The van der Waals surface area contributed by atoms with E-state index in [1.807, 2.05) is 48.5 Å². The lowest BCUT2D eigenvalue weighted by Gasteiger charge is -2.23. The number of benzene rings is 3. The summed E-state index contributed by atoms with van der Waals surface area (Å²) in [5, 5.41) is 3.56. The Morgan fingerprint density at radius 3 is 1.92 bits per heavy atom. The second kappa shape index (κ2) is 7.13. The first kappa shape index (κ1) is 15.3. The van der Waals surface area contributed by atoms with Crippen molar-refractivity contribution in [1.29, 1.82) is 0 Å². The van der Waals surface area contributed by atoms with Crippen LogP contribution in [0.3, 0.4) is 0 Å². The largest absolute Gasteiger partial charge is 0.277 e. The van der Waals surface area contributed by atoms with Crippen molar-refractivity contribution in [3.05, 3.63) is 101 Å². The number of azide groups is 1. The van der Waals surface area contributed by atoms with Crippen LogP contribution in [0.15, 0.2) is 90.0 Å². The third kappa shape index (κ3) is 3.27. The highest BCUT2D eigenvalue weighted by atomic mass is 16.2. The van der Waals surface area contributed by atoms with Gasteiger partial charge in [-0.2, -0.15) is 0 Å². The third-order valence-electron chi connectivity index (χ3n) is 3.51. The van der Waals surface area contributed by atoms with E-state index < -0.39 is 0 Å². The van der Waals surface area contributed by atoms with Crippen LogP contribution < -0.4 is 4.90 Å². The second-order valence-corrected chi connectivity index (χ2v) is 5.05. The fourth-order valence-electron chi connectivity index (χ4n) is 2.39. The number of rotatable bonds is 4. The molecule has 0 aromatic heterocycles. The van der Waals surface area contributed by atoms with E-state index in [4.69, 9.17) is 5.53 Å². The van der Waals surface area contributed by atoms with E-state index in [-0.39, 0.29) is 5.91 Å². The number of hydrogen-bond acceptors (Lipinski definition) is 2. The van der Waals surface area contributed by atoms with E-state index in [1.165, 1.54) is 0 Å². The van der Waals surface area contributed by atoms with Gasteiger partial charge in [0.25, 0.3) is 5.91 Å². The molecule has 3 aromatic carbocycles. The van der Waals surface area contributed by atoms with Crippen LogP contribution in [0.25, 0.3) is 10.4 Å². The Bertz CT molecular complexity index is 870. The summed E-state index contributed by atoms with van der Waals surface area (Å²) in [6.07, 6.45) is 0. The highest BCUT2D eigenvalue weighted by Gasteiger charge is 2.19. The van der Waals surface area contributed by atoms with E-state index in [0.29, 0.717) is 16.9 Å². The molecular formula is C19H14N4O. The molecule has 0 aliphatic rings. The number of amides is 1. The Hall–Kier alpha value is -3.56. The molecule has 0 spiro atoms. The lowest BCUT2D eigenvalue weighted by molar-refractivity contribution is 0.0999. The topological polar surface area (TPSA) is 69.1 Å². The summed E-state index contributed by atoms with van der Waals surface area (Å²) >= 11 is 0. The first-order valence-corrected chi connectivity index (χ1v) is 7.39. The van der Waals surface area contributed by atoms with Crippen molar-refractivity contribution >= 4 is 23.0 Å². The lowest BCUT2D eigenvalue weighted by atomic mass is 10.1. The van der Waals surface area contributed by atoms with Crippen molar-refractivity contribution in [3.8, 4) is 0 Å². The van der Waals surface area contributed by atoms with Crippen molar-refractivity contribution in [1.82, 2.24) is 0 Å². The van der Waals surface area contributed by atoms with Gasteiger partial charge in [0.1, 0.15) is 0 Å². The van der Waals surface area contributed by atoms with Crippen LogP contribution in [-0.2, 0) is 0 Å². The summed E-state index contributed by atoms with van der Waals surface area (Å²) in [6.45, 7) is 0. The second-order valence-electron chi connectivity index (χ2n) is 5.05. The first-order valence-electron chi connectivity index (χ1n) is 7.39. The molecule has 1 amide bonds. The Kier molecular flexibility index (Phi) is 4.56. The molecule has 5 heteroatoms. The van der Waals surface area contributed by atoms with E-state index in [2.05, 4.69) is 10.0 Å². The predicted molar refractivity (Wildman–Crippen MR) is 94.6 cm³/mol. The molecule has 24 heavy (non-hydrogen) atoms. The minimum Gasteiger partial charge on any atom is -0.277 e. The molecule has 3 rings (SSSR count). The Morgan fingerprint density at radius 1 is 0.792 bits per heavy atom. The number of hydrogen-bond donors (Lipinski definition) is 0. The van der Waals surface area contributed by atoms with E-state index in [9.17, 15) is 4.79 Å². The lowest BCUT2D eigenvalue weighted by Crippen LogP contribution is -2.25. The fraction of sp³-hybridized carbons (Fsp3) is 0. The van der Waals surface area contributed by atoms with Gasteiger partial charge in [0.05, 0.1) is 0 Å². The van der Waals surface area contributed by atoms with E-state index >= 15 is 0 Å². The first-order chi connectivity index (χ1) is 11.8. The SMILES string of the molecule is [N-]=[N+]=Nc1ccc(N(C(=O)c2ccccc2)c2ccccc2)cc1. The highest BCUT2D eigenvalue weighted by molar-refractivity contribution is 6.10. The molecular weight excluding hydrogens is 300 g/mol. The van der Waals surface area contributed by atoms with Gasteiger partial charge in [0.15, 0.2) is 0 Å². The van der Waals surface area contributed by atoms with Crippen molar-refractivity contribution < 1.29 is 4.79 Å². The molecule has 0 unspecified atom stereocenters. The van der Waals surface area contributed by atoms with Crippen LogP contribution in [0.5, 0.6) is 0 Å². The zero-order valence-corrected chi connectivity index (χ0v) is 12.8. The molecule has 0 atom stereocenters. The summed E-state index contributed by atoms with van der Waals surface area (Å²) < 4.78 is 0. The normalized spacial score (nSPS) is 9.83. The molecule has 116 valence electrons. The number of para-hydroxylation sites is 1. The molecule has 0 saturated carbocycles. The molecule has 0 fully saturated rings. The number of carbonyl (C=O) groups is 1. The van der Waals surface area contributed by atoms with Crippen molar-refractivity contribution in [2.45, 2.75) is 0 Å². The molecule has 5 nitrogen and oxygen atoms in total. The summed E-state index contributed by atoms with van der Waals surface area (Å²) in [7, 11) is 0. The Labute approximate surface area is 139 Å². The molecule has 0 radical (unpaired) electrons. The average molecular weight is 314 g/mol. The number of anilines is 2. The van der Waals surface area contributed by atoms with Crippen LogP contribution in [0.2, 0.25) is 0 Å². The minimum absolute atomic E-state index is 0.127. The van der Waals surface area contributed by atoms with Crippen LogP contribution in [-0.4, -0.2) is 5.91 Å². The van der Waals surface area contributed by atoms with Gasteiger partial charge >= 0.3 is 0 Å². The van der Waals surface area contributed by atoms with Gasteiger partial charge in [0.2, 0.25) is 0 Å². The summed E-state index contributed by atoms with van der Waals surface area (Å²) in [4.78, 5) is 17.4. The van der Waals surface area contributed by atoms with E-state index in [0.717, 1.165) is 5.69 Å². The summed E-state index contributed by atoms with van der Waals surface area (Å²) in [5.41, 5.74) is 11.1. The van der Waals surface area contributed by atoms with Crippen molar-refractivity contribution in [2.75, 3.05) is 4.90 Å². The van der Waals surface area contributed by atoms with Crippen LogP contribution in [0.1, 0.15) is 10.4 Å². The van der Waals surface area contributed by atoms with Gasteiger partial charge in [-0.15, -0.1) is 0 Å². The van der Waals surface area contributed by atoms with Gasteiger partial charge < -0.3 is 0 Å². The van der Waals surface area contributed by atoms with Gasteiger partial charge in [-0.3, -0.25) is 9.69 Å². The van der Waals surface area contributed by atoms with Crippen LogP contribution >= 0.6 is 0 Å². The zero-order chi connectivity index (χ0) is 16.8. The quantitative estimate of drug-likeness (QED) is 0.350. The zero-order valence-electron chi connectivity index (χ0n) is 12.8. The number of carbonyl (C=O) groups excluding carboxylic acids is 1. The number of nitrogens with zero attached hydrogens (tertiary/aromatic N) is 4. The van der Waals surface area contributed by atoms with E-state index in [1.54, 1.807) is 41.3 Å². The standard InChI is InChI=1S/C19H14N4O/c20-22-21-16-11-13-18(14-12-16)23(17-9-5-2-6-10-17)19(24)15-7-3-1-4-8-15/h1-14H. The third-order valence-corrected chi connectivity index (χ3v) is 3.51. The minimum atomic E-state index is -0.127. The van der Waals surface area contributed by atoms with Gasteiger partial charge in [-0.05, 0) is 41.9 Å². The van der Waals surface area contributed by atoms with Crippen LogP contribution in [0.4, 0.5) is 17.1 Å². The molecule has 3 aromatic rings. The fourth-order valence-corrected chi connectivity index (χ4v) is 2.39. The summed E-state index contributed by atoms with van der Waals surface area (Å²) in [5.74, 6) is -0.127.